The highest BCUT2D eigenvalue weighted by molar-refractivity contribution is 7.09. The molecule has 28 heavy (non-hydrogen) atoms. The minimum absolute atomic E-state index is 0.337. The average molecular weight is 401 g/mol. The fraction of sp³-hybridized carbons (Fsp3) is 0.316. The molecule has 146 valence electrons. The van der Waals surface area contributed by atoms with Gasteiger partial charge in [0.1, 0.15) is 25.3 Å². The molecule has 1 saturated heterocycles. The van der Waals surface area contributed by atoms with Crippen molar-refractivity contribution in [3.63, 3.8) is 0 Å². The van der Waals surface area contributed by atoms with Gasteiger partial charge >= 0.3 is 6.03 Å². The maximum absolute atomic E-state index is 13.0. The van der Waals surface area contributed by atoms with Gasteiger partial charge < -0.3 is 20.1 Å². The van der Waals surface area contributed by atoms with Gasteiger partial charge in [0.15, 0.2) is 11.5 Å². The second kappa shape index (κ2) is 7.16. The molecule has 2 aliphatic heterocycles. The highest BCUT2D eigenvalue weighted by Crippen LogP contribution is 2.36. The molecule has 0 bridgehead atoms. The van der Waals surface area contributed by atoms with E-state index in [0.29, 0.717) is 36.8 Å². The monoisotopic (exact) mass is 401 g/mol. The van der Waals surface area contributed by atoms with E-state index < -0.39 is 23.4 Å². The molecule has 0 unspecified atom stereocenters. The van der Waals surface area contributed by atoms with E-state index in [1.165, 1.54) is 11.3 Å². The molecule has 4 rings (SSSR count). The van der Waals surface area contributed by atoms with Gasteiger partial charge in [-0.1, -0.05) is 12.1 Å². The lowest BCUT2D eigenvalue weighted by atomic mass is 9.91. The van der Waals surface area contributed by atoms with Crippen molar-refractivity contribution in [1.29, 1.82) is 0 Å². The van der Waals surface area contributed by atoms with Gasteiger partial charge in [-0.3, -0.25) is 14.5 Å². The summed E-state index contributed by atoms with van der Waals surface area (Å²) in [7, 11) is 0. The molecule has 2 aliphatic rings. The van der Waals surface area contributed by atoms with E-state index in [0.717, 1.165) is 9.78 Å². The van der Waals surface area contributed by atoms with Crippen molar-refractivity contribution in [1.82, 2.24) is 15.5 Å². The van der Waals surface area contributed by atoms with Crippen LogP contribution in [-0.4, -0.2) is 42.5 Å². The van der Waals surface area contributed by atoms with Crippen molar-refractivity contribution in [2.24, 2.45) is 0 Å². The van der Waals surface area contributed by atoms with Gasteiger partial charge in [0.2, 0.25) is 5.91 Å². The first-order valence-corrected chi connectivity index (χ1v) is 9.68. The first-order valence-electron chi connectivity index (χ1n) is 8.81. The topological polar surface area (TPSA) is 97.0 Å². The third-order valence-corrected chi connectivity index (χ3v) is 5.61. The van der Waals surface area contributed by atoms with E-state index in [-0.39, 0.29) is 6.54 Å². The number of nitrogens with one attached hydrogen (secondary N) is 2. The fourth-order valence-corrected chi connectivity index (χ4v) is 3.83. The van der Waals surface area contributed by atoms with Gasteiger partial charge in [-0.25, -0.2) is 4.79 Å². The molecule has 1 atom stereocenters. The number of benzene rings is 1. The van der Waals surface area contributed by atoms with Crippen LogP contribution in [0.2, 0.25) is 0 Å². The molecular formula is C19H19N3O5S. The first-order chi connectivity index (χ1) is 13.5. The predicted octanol–water partition coefficient (Wildman–Crippen LogP) is 1.60. The summed E-state index contributed by atoms with van der Waals surface area (Å²) in [6.45, 7) is 2.52. The summed E-state index contributed by atoms with van der Waals surface area (Å²) in [6, 6.07) is 8.30. The van der Waals surface area contributed by atoms with E-state index in [9.17, 15) is 14.4 Å². The van der Waals surface area contributed by atoms with E-state index in [1.54, 1.807) is 25.1 Å². The van der Waals surface area contributed by atoms with Crippen molar-refractivity contribution < 1.29 is 23.9 Å². The van der Waals surface area contributed by atoms with Crippen LogP contribution in [0.5, 0.6) is 11.5 Å². The van der Waals surface area contributed by atoms with E-state index in [2.05, 4.69) is 10.6 Å². The number of hydrogen-bond acceptors (Lipinski definition) is 6. The molecule has 8 nitrogen and oxygen atoms in total. The van der Waals surface area contributed by atoms with Crippen LogP contribution in [0.25, 0.3) is 0 Å². The summed E-state index contributed by atoms with van der Waals surface area (Å²) in [5, 5.41) is 7.33. The second-order valence-corrected chi connectivity index (χ2v) is 7.69. The lowest BCUT2D eigenvalue weighted by Gasteiger charge is -2.25. The molecule has 0 saturated carbocycles. The molecule has 3 heterocycles. The largest absolute Gasteiger partial charge is 0.486 e. The number of carbonyl (C=O) groups is 3. The Bertz CT molecular complexity index is 930. The number of thiophene rings is 1. The number of rotatable bonds is 5. The van der Waals surface area contributed by atoms with Gasteiger partial charge in [0.25, 0.3) is 5.91 Å². The number of imide groups is 1. The zero-order valence-electron chi connectivity index (χ0n) is 15.2. The molecule has 2 N–H and O–H groups in total. The molecule has 9 heteroatoms. The minimum Gasteiger partial charge on any atom is -0.486 e. The van der Waals surface area contributed by atoms with Gasteiger partial charge in [-0.15, -0.1) is 11.3 Å². The van der Waals surface area contributed by atoms with E-state index in [1.807, 2.05) is 17.5 Å². The Balaban J connectivity index is 1.47. The number of carbonyl (C=O) groups excluding carboxylic acids is 3. The third kappa shape index (κ3) is 3.29. The van der Waals surface area contributed by atoms with Gasteiger partial charge in [0, 0.05) is 4.88 Å². The molecular weight excluding hydrogens is 382 g/mol. The zero-order valence-corrected chi connectivity index (χ0v) is 16.0. The smallest absolute Gasteiger partial charge is 0.325 e. The second-order valence-electron chi connectivity index (χ2n) is 6.66. The number of hydrogen-bond donors (Lipinski definition) is 2. The molecule has 4 amide bonds. The first kappa shape index (κ1) is 18.3. The Morgan fingerprint density at radius 2 is 2.04 bits per heavy atom. The highest BCUT2D eigenvalue weighted by atomic mass is 32.1. The Morgan fingerprint density at radius 3 is 2.79 bits per heavy atom. The fourth-order valence-electron chi connectivity index (χ4n) is 3.19. The normalized spacial score (nSPS) is 20.8. The molecule has 1 fully saturated rings. The molecule has 0 spiro atoms. The molecule has 2 aromatic rings. The van der Waals surface area contributed by atoms with E-state index in [4.69, 9.17) is 9.47 Å². The van der Waals surface area contributed by atoms with E-state index >= 15 is 0 Å². The summed E-state index contributed by atoms with van der Waals surface area (Å²) >= 11 is 1.52. The number of urea groups is 1. The molecule has 1 aromatic heterocycles. The molecule has 1 aromatic carbocycles. The number of fused-ring (bicyclic) bond motifs is 1. The van der Waals surface area contributed by atoms with Crippen molar-refractivity contribution in [3.8, 4) is 11.5 Å². The predicted molar refractivity (Wildman–Crippen MR) is 101 cm³/mol. The van der Waals surface area contributed by atoms with Crippen LogP contribution < -0.4 is 20.1 Å². The van der Waals surface area contributed by atoms with Crippen molar-refractivity contribution in [2.45, 2.75) is 19.0 Å². The van der Waals surface area contributed by atoms with Crippen LogP contribution >= 0.6 is 11.3 Å². The van der Waals surface area contributed by atoms with Gasteiger partial charge in [-0.05, 0) is 36.1 Å². The zero-order chi connectivity index (χ0) is 19.7. The van der Waals surface area contributed by atoms with Crippen LogP contribution in [-0.2, 0) is 21.7 Å². The van der Waals surface area contributed by atoms with Crippen LogP contribution in [0.15, 0.2) is 35.7 Å². The number of amides is 4. The van der Waals surface area contributed by atoms with Crippen LogP contribution in [0.1, 0.15) is 17.4 Å². The lowest BCUT2D eigenvalue weighted by molar-refractivity contribution is -0.134. The number of nitrogens with zero attached hydrogens (tertiary/aromatic N) is 1. The Hall–Kier alpha value is -3.07. The minimum atomic E-state index is -1.28. The summed E-state index contributed by atoms with van der Waals surface area (Å²) < 4.78 is 11.1. The lowest BCUT2D eigenvalue weighted by Crippen LogP contribution is -2.43. The highest BCUT2D eigenvalue weighted by Gasteiger charge is 2.49. The maximum Gasteiger partial charge on any atom is 0.325 e. The van der Waals surface area contributed by atoms with Gasteiger partial charge in [-0.2, -0.15) is 0 Å². The molecule has 0 aliphatic carbocycles. The SMILES string of the molecule is C[C@@]1(c2ccc3c(c2)OCCO3)NC(=O)N(CC(=O)NCc2cccs2)C1=O. The quantitative estimate of drug-likeness (QED) is 0.742. The van der Waals surface area contributed by atoms with Crippen LogP contribution in [0.4, 0.5) is 4.79 Å². The summed E-state index contributed by atoms with van der Waals surface area (Å²) in [5.74, 6) is 0.239. The van der Waals surface area contributed by atoms with Crippen LogP contribution in [0.3, 0.4) is 0 Å². The Kier molecular flexibility index (Phi) is 4.68. The Labute approximate surface area is 165 Å². The van der Waals surface area contributed by atoms with Crippen molar-refractivity contribution >= 4 is 29.2 Å². The standard InChI is InChI=1S/C19H19N3O5S/c1-19(12-4-5-14-15(9-12)27-7-6-26-14)17(24)22(18(25)21-19)11-16(23)20-10-13-3-2-8-28-13/h2-5,8-9H,6-7,10-11H2,1H3,(H,20,23)(H,21,25)/t19-/m0/s1. The van der Waals surface area contributed by atoms with Gasteiger partial charge in [0.05, 0.1) is 6.54 Å². The Morgan fingerprint density at radius 1 is 1.25 bits per heavy atom. The summed E-state index contributed by atoms with van der Waals surface area (Å²) in [5.41, 5.74) is -0.711. The molecule has 0 radical (unpaired) electrons. The van der Waals surface area contributed by atoms with Crippen molar-refractivity contribution in [2.75, 3.05) is 19.8 Å². The van der Waals surface area contributed by atoms with Crippen molar-refractivity contribution in [3.05, 3.63) is 46.2 Å². The summed E-state index contributed by atoms with van der Waals surface area (Å²) in [6.07, 6.45) is 0. The number of ether oxygens (including phenoxy) is 2. The van der Waals surface area contributed by atoms with Crippen LogP contribution in [0, 0.1) is 0 Å². The summed E-state index contributed by atoms with van der Waals surface area (Å²) in [4.78, 5) is 39.5. The maximum atomic E-state index is 13.0. The average Bonchev–Trinajstić information content (AvgIpc) is 3.29. The third-order valence-electron chi connectivity index (χ3n) is 4.74.